The van der Waals surface area contributed by atoms with E-state index >= 15 is 0 Å². The number of aromatic amines is 1. The summed E-state index contributed by atoms with van der Waals surface area (Å²) in [5.41, 5.74) is 1.21. The van der Waals surface area contributed by atoms with Gasteiger partial charge in [0.1, 0.15) is 12.0 Å². The van der Waals surface area contributed by atoms with Crippen molar-refractivity contribution in [2.24, 2.45) is 0 Å². The van der Waals surface area contributed by atoms with Crippen LogP contribution >= 0.6 is 0 Å². The number of nitrogens with one attached hydrogen (secondary N) is 2. The molecule has 1 fully saturated rings. The summed E-state index contributed by atoms with van der Waals surface area (Å²) in [6.45, 7) is -0.228. The van der Waals surface area contributed by atoms with Gasteiger partial charge in [0.05, 0.1) is 35.6 Å². The van der Waals surface area contributed by atoms with Gasteiger partial charge in [-0.05, 0) is 6.07 Å². The molecule has 8 heteroatoms. The third-order valence-electron chi connectivity index (χ3n) is 3.37. The van der Waals surface area contributed by atoms with E-state index in [1.807, 2.05) is 0 Å². The molecule has 3 rings (SSSR count). The highest BCUT2D eigenvalue weighted by Gasteiger charge is 2.35. The lowest BCUT2D eigenvalue weighted by atomic mass is 10.2. The third-order valence-corrected chi connectivity index (χ3v) is 3.37. The van der Waals surface area contributed by atoms with Crippen LogP contribution in [-0.4, -0.2) is 51.4 Å². The number of likely N-dealkylation sites (tertiary alicyclic amines) is 1. The number of imidazole rings is 1. The first-order valence-electron chi connectivity index (χ1n) is 6.05. The number of rotatable bonds is 2. The minimum atomic E-state index is -1.37. The molecule has 3 N–H and O–H groups in total. The Morgan fingerprint density at radius 1 is 1.50 bits per heavy atom. The van der Waals surface area contributed by atoms with Gasteiger partial charge in [0.15, 0.2) is 0 Å². The molecule has 1 aliphatic rings. The zero-order valence-electron chi connectivity index (χ0n) is 10.3. The number of amides is 1. The van der Waals surface area contributed by atoms with Crippen LogP contribution in [0.5, 0.6) is 0 Å². The average molecular weight is 282 g/mol. The van der Waals surface area contributed by atoms with Gasteiger partial charge in [-0.2, -0.15) is 0 Å². The molecule has 2 atom stereocenters. The molecule has 0 unspecified atom stereocenters. The molecular formula is C12H12F2N4O2. The van der Waals surface area contributed by atoms with Gasteiger partial charge < -0.3 is 20.3 Å². The maximum absolute atomic E-state index is 13.9. The van der Waals surface area contributed by atoms with Crippen molar-refractivity contribution < 1.29 is 18.7 Å². The molecule has 0 bridgehead atoms. The SMILES string of the molecule is O=C(O)N1C[C@@H](F)[C@@H](Nc2cc3nc[nH]c3cc2F)C1. The minimum Gasteiger partial charge on any atom is -0.465 e. The lowest BCUT2D eigenvalue weighted by Crippen LogP contribution is -2.31. The molecule has 20 heavy (non-hydrogen) atoms. The second-order valence-electron chi connectivity index (χ2n) is 4.71. The van der Waals surface area contributed by atoms with Crippen LogP contribution in [0.2, 0.25) is 0 Å². The Morgan fingerprint density at radius 2 is 2.30 bits per heavy atom. The van der Waals surface area contributed by atoms with Crippen molar-refractivity contribution in [3.05, 3.63) is 24.3 Å². The number of fused-ring (bicyclic) bond motifs is 1. The number of alkyl halides is 1. The first-order chi connectivity index (χ1) is 9.54. The lowest BCUT2D eigenvalue weighted by Gasteiger charge is -2.16. The van der Waals surface area contributed by atoms with Gasteiger partial charge in [-0.15, -0.1) is 0 Å². The van der Waals surface area contributed by atoms with E-state index in [1.54, 1.807) is 0 Å². The highest BCUT2D eigenvalue weighted by atomic mass is 19.1. The summed E-state index contributed by atoms with van der Waals surface area (Å²) in [6, 6.07) is 1.97. The Hall–Kier alpha value is -2.38. The van der Waals surface area contributed by atoms with E-state index in [1.165, 1.54) is 18.5 Å². The van der Waals surface area contributed by atoms with Crippen molar-refractivity contribution in [3.63, 3.8) is 0 Å². The van der Waals surface area contributed by atoms with Crippen molar-refractivity contribution in [2.45, 2.75) is 12.2 Å². The van der Waals surface area contributed by atoms with E-state index in [0.717, 1.165) is 4.90 Å². The second-order valence-corrected chi connectivity index (χ2v) is 4.71. The minimum absolute atomic E-state index is 0.0193. The highest BCUT2D eigenvalue weighted by Crippen LogP contribution is 2.24. The lowest BCUT2D eigenvalue weighted by molar-refractivity contribution is 0.152. The predicted molar refractivity (Wildman–Crippen MR) is 68.0 cm³/mol. The number of carbonyl (C=O) groups is 1. The quantitative estimate of drug-likeness (QED) is 0.784. The first kappa shape index (κ1) is 12.6. The number of aromatic nitrogens is 2. The topological polar surface area (TPSA) is 81.2 Å². The van der Waals surface area contributed by atoms with E-state index < -0.39 is 24.1 Å². The number of nitrogens with zero attached hydrogens (tertiary/aromatic N) is 2. The average Bonchev–Trinajstić information content (AvgIpc) is 2.97. The summed E-state index contributed by atoms with van der Waals surface area (Å²) in [6.07, 6.45) is -1.12. The van der Waals surface area contributed by atoms with Gasteiger partial charge in [-0.1, -0.05) is 0 Å². The standard InChI is InChI=1S/C12H12F2N4O2/c13-6-1-9-10(16-5-15-9)2-8(6)17-11-4-18(12(19)20)3-7(11)14/h1-2,5,7,11,17H,3-4H2,(H,15,16)(H,19,20)/t7-,11+/m1/s1. The van der Waals surface area contributed by atoms with E-state index in [-0.39, 0.29) is 18.8 Å². The van der Waals surface area contributed by atoms with Crippen molar-refractivity contribution in [3.8, 4) is 0 Å². The monoisotopic (exact) mass is 282 g/mol. The summed E-state index contributed by atoms with van der Waals surface area (Å²) < 4.78 is 27.6. The molecule has 0 aliphatic carbocycles. The molecule has 106 valence electrons. The van der Waals surface area contributed by atoms with Gasteiger partial charge in [0, 0.05) is 12.6 Å². The largest absolute Gasteiger partial charge is 0.465 e. The Morgan fingerprint density at radius 3 is 3.00 bits per heavy atom. The predicted octanol–water partition coefficient (Wildman–Crippen LogP) is 1.81. The normalized spacial score (nSPS) is 22.4. The van der Waals surface area contributed by atoms with Crippen LogP contribution in [0.25, 0.3) is 11.0 Å². The Kier molecular flexibility index (Phi) is 2.92. The number of H-pyrrole nitrogens is 1. The fourth-order valence-electron chi connectivity index (χ4n) is 2.32. The van der Waals surface area contributed by atoms with Crippen LogP contribution in [-0.2, 0) is 0 Å². The fraction of sp³-hybridized carbons (Fsp3) is 0.333. The molecular weight excluding hydrogens is 270 g/mol. The molecule has 2 heterocycles. The second kappa shape index (κ2) is 4.62. The number of benzene rings is 1. The van der Waals surface area contributed by atoms with E-state index in [9.17, 15) is 13.6 Å². The summed E-state index contributed by atoms with van der Waals surface area (Å²) >= 11 is 0. The molecule has 2 aromatic rings. The van der Waals surface area contributed by atoms with Crippen LogP contribution in [0, 0.1) is 5.82 Å². The molecule has 1 aromatic carbocycles. The summed E-state index contributed by atoms with van der Waals surface area (Å²) in [4.78, 5) is 18.5. The summed E-state index contributed by atoms with van der Waals surface area (Å²) in [5.74, 6) is -0.539. The van der Waals surface area contributed by atoms with Crippen LogP contribution in [0.1, 0.15) is 0 Å². The Bertz CT molecular complexity index is 660. The highest BCUT2D eigenvalue weighted by molar-refractivity contribution is 5.79. The zero-order valence-corrected chi connectivity index (χ0v) is 10.3. The Labute approximate surface area is 112 Å². The van der Waals surface area contributed by atoms with Gasteiger partial charge in [0.2, 0.25) is 0 Å². The van der Waals surface area contributed by atoms with Crippen LogP contribution in [0.4, 0.5) is 19.3 Å². The maximum atomic E-state index is 13.9. The third kappa shape index (κ3) is 2.13. The molecule has 1 aliphatic heterocycles. The van der Waals surface area contributed by atoms with Crippen molar-refractivity contribution in [1.82, 2.24) is 14.9 Å². The van der Waals surface area contributed by atoms with E-state index in [0.29, 0.717) is 11.0 Å². The number of halogens is 2. The fourth-order valence-corrected chi connectivity index (χ4v) is 2.32. The molecule has 0 saturated carbocycles. The molecule has 0 radical (unpaired) electrons. The molecule has 6 nitrogen and oxygen atoms in total. The summed E-state index contributed by atoms with van der Waals surface area (Å²) in [5, 5.41) is 11.5. The molecule has 1 amide bonds. The van der Waals surface area contributed by atoms with Gasteiger partial charge in [0.25, 0.3) is 0 Å². The number of carboxylic acid groups (broad SMARTS) is 1. The zero-order chi connectivity index (χ0) is 14.3. The summed E-state index contributed by atoms with van der Waals surface area (Å²) in [7, 11) is 0. The van der Waals surface area contributed by atoms with Crippen molar-refractivity contribution in [1.29, 1.82) is 0 Å². The maximum Gasteiger partial charge on any atom is 0.407 e. The van der Waals surface area contributed by atoms with Gasteiger partial charge >= 0.3 is 6.09 Å². The van der Waals surface area contributed by atoms with E-state index in [4.69, 9.17) is 5.11 Å². The molecule has 1 aromatic heterocycles. The number of hydrogen-bond acceptors (Lipinski definition) is 3. The molecule has 0 spiro atoms. The van der Waals surface area contributed by atoms with Gasteiger partial charge in [-0.3, -0.25) is 0 Å². The Balaban J connectivity index is 1.82. The van der Waals surface area contributed by atoms with Crippen molar-refractivity contribution >= 4 is 22.8 Å². The number of anilines is 1. The van der Waals surface area contributed by atoms with Gasteiger partial charge in [-0.25, -0.2) is 18.6 Å². The van der Waals surface area contributed by atoms with Crippen molar-refractivity contribution in [2.75, 3.05) is 18.4 Å². The molecule has 1 saturated heterocycles. The number of hydrogen-bond donors (Lipinski definition) is 3. The smallest absolute Gasteiger partial charge is 0.407 e. The van der Waals surface area contributed by atoms with Crippen LogP contribution < -0.4 is 5.32 Å². The van der Waals surface area contributed by atoms with Crippen LogP contribution in [0.15, 0.2) is 18.5 Å². The van der Waals surface area contributed by atoms with E-state index in [2.05, 4.69) is 15.3 Å². The van der Waals surface area contributed by atoms with Crippen LogP contribution in [0.3, 0.4) is 0 Å². The first-order valence-corrected chi connectivity index (χ1v) is 6.05.